The first-order chi connectivity index (χ1) is 9.47. The van der Waals surface area contributed by atoms with Gasteiger partial charge in [0.25, 0.3) is 0 Å². The minimum atomic E-state index is -0.874. The van der Waals surface area contributed by atoms with E-state index in [9.17, 15) is 9.18 Å². The van der Waals surface area contributed by atoms with E-state index in [1.807, 2.05) is 0 Å². The minimum Gasteiger partial charge on any atom is -0.481 e. The number of carboxylic acid groups (broad SMARTS) is 1. The quantitative estimate of drug-likeness (QED) is 0.836. The van der Waals surface area contributed by atoms with Gasteiger partial charge in [-0.2, -0.15) is 0 Å². The Morgan fingerprint density at radius 1 is 1.55 bits per heavy atom. The Labute approximate surface area is 128 Å². The van der Waals surface area contributed by atoms with Crippen molar-refractivity contribution in [2.45, 2.75) is 23.4 Å². The van der Waals surface area contributed by atoms with E-state index in [1.165, 1.54) is 29.2 Å². The van der Waals surface area contributed by atoms with E-state index in [4.69, 9.17) is 16.7 Å². The summed E-state index contributed by atoms with van der Waals surface area (Å²) in [4.78, 5) is 15.8. The van der Waals surface area contributed by atoms with Crippen LogP contribution in [-0.2, 0) is 17.0 Å². The number of thiazole rings is 1. The Morgan fingerprint density at radius 2 is 2.30 bits per heavy atom. The molecule has 1 heterocycles. The van der Waals surface area contributed by atoms with Gasteiger partial charge in [-0.15, -0.1) is 11.3 Å². The molecule has 2 aromatic rings. The third-order valence-corrected chi connectivity index (χ3v) is 5.34. The van der Waals surface area contributed by atoms with Crippen LogP contribution in [0.15, 0.2) is 22.5 Å². The number of aryl methyl sites for hydroxylation is 1. The predicted octanol–water partition coefficient (Wildman–Crippen LogP) is 4.16. The Morgan fingerprint density at radius 3 is 3.00 bits per heavy atom. The number of carbonyl (C=O) groups is 1. The van der Waals surface area contributed by atoms with Gasteiger partial charge in [0.1, 0.15) is 5.82 Å². The highest BCUT2D eigenvalue weighted by Crippen LogP contribution is 2.32. The van der Waals surface area contributed by atoms with Crippen LogP contribution in [0.2, 0.25) is 5.02 Å². The van der Waals surface area contributed by atoms with Crippen molar-refractivity contribution in [3.8, 4) is 0 Å². The number of carboxylic acids is 1. The molecule has 0 fully saturated rings. The van der Waals surface area contributed by atoms with Gasteiger partial charge in [0, 0.05) is 10.6 Å². The molecule has 2 rings (SSSR count). The summed E-state index contributed by atoms with van der Waals surface area (Å²) in [6.45, 7) is 1.79. The molecule has 1 aromatic heterocycles. The van der Waals surface area contributed by atoms with Gasteiger partial charge in [-0.05, 0) is 18.6 Å². The average Bonchev–Trinajstić information content (AvgIpc) is 2.71. The van der Waals surface area contributed by atoms with Gasteiger partial charge < -0.3 is 5.11 Å². The zero-order valence-corrected chi connectivity index (χ0v) is 12.9. The zero-order chi connectivity index (χ0) is 14.7. The zero-order valence-electron chi connectivity index (χ0n) is 10.5. The van der Waals surface area contributed by atoms with Crippen molar-refractivity contribution >= 4 is 40.7 Å². The van der Waals surface area contributed by atoms with Crippen LogP contribution in [0, 0.1) is 12.7 Å². The van der Waals surface area contributed by atoms with Crippen LogP contribution in [0.3, 0.4) is 0 Å². The Kier molecular flexibility index (Phi) is 5.01. The van der Waals surface area contributed by atoms with Gasteiger partial charge in [0.2, 0.25) is 0 Å². The smallest absolute Gasteiger partial charge is 0.308 e. The van der Waals surface area contributed by atoms with Crippen molar-refractivity contribution in [2.24, 2.45) is 0 Å². The number of thioether (sulfide) groups is 1. The number of aliphatic carboxylic acids is 1. The van der Waals surface area contributed by atoms with Crippen LogP contribution >= 0.6 is 34.7 Å². The molecule has 20 heavy (non-hydrogen) atoms. The van der Waals surface area contributed by atoms with Gasteiger partial charge in [-0.25, -0.2) is 9.37 Å². The van der Waals surface area contributed by atoms with Gasteiger partial charge in [-0.3, -0.25) is 4.79 Å². The van der Waals surface area contributed by atoms with Crippen LogP contribution < -0.4 is 0 Å². The first-order valence-electron chi connectivity index (χ1n) is 5.71. The maximum atomic E-state index is 13.3. The molecule has 0 unspecified atom stereocenters. The minimum absolute atomic E-state index is 0.0230. The van der Waals surface area contributed by atoms with Crippen LogP contribution in [0.5, 0.6) is 0 Å². The van der Waals surface area contributed by atoms with Crippen molar-refractivity contribution in [3.63, 3.8) is 0 Å². The lowest BCUT2D eigenvalue weighted by molar-refractivity contribution is -0.136. The fourth-order valence-corrected chi connectivity index (χ4v) is 4.05. The second kappa shape index (κ2) is 6.56. The Bertz CT molecular complexity index is 645. The van der Waals surface area contributed by atoms with E-state index in [2.05, 4.69) is 4.98 Å². The van der Waals surface area contributed by atoms with E-state index in [1.54, 1.807) is 19.1 Å². The van der Waals surface area contributed by atoms with E-state index >= 15 is 0 Å². The predicted molar refractivity (Wildman–Crippen MR) is 79.2 cm³/mol. The van der Waals surface area contributed by atoms with Crippen LogP contribution in [-0.4, -0.2) is 16.1 Å². The van der Waals surface area contributed by atoms with E-state index in [0.29, 0.717) is 11.3 Å². The molecule has 0 saturated carbocycles. The van der Waals surface area contributed by atoms with E-state index < -0.39 is 11.8 Å². The fourth-order valence-electron chi connectivity index (χ4n) is 1.56. The molecule has 0 spiro atoms. The second-order valence-electron chi connectivity index (χ2n) is 4.06. The molecular weight excluding hydrogens is 321 g/mol. The monoisotopic (exact) mass is 331 g/mol. The summed E-state index contributed by atoms with van der Waals surface area (Å²) in [5.41, 5.74) is 1.43. The molecule has 0 bridgehead atoms. The number of halogens is 2. The van der Waals surface area contributed by atoms with Crippen molar-refractivity contribution in [1.29, 1.82) is 0 Å². The summed E-state index contributed by atoms with van der Waals surface area (Å²) in [6, 6.07) is 4.69. The molecule has 0 atom stereocenters. The van der Waals surface area contributed by atoms with Crippen LogP contribution in [0.25, 0.3) is 0 Å². The summed E-state index contributed by atoms with van der Waals surface area (Å²) in [7, 11) is 0. The maximum absolute atomic E-state index is 13.3. The molecule has 0 saturated heterocycles. The molecule has 0 aliphatic heterocycles. The van der Waals surface area contributed by atoms with E-state index in [-0.39, 0.29) is 11.4 Å². The lowest BCUT2D eigenvalue weighted by Crippen LogP contribution is -1.99. The summed E-state index contributed by atoms with van der Waals surface area (Å²) in [5.74, 6) is -0.816. The lowest BCUT2D eigenvalue weighted by atomic mass is 10.2. The van der Waals surface area contributed by atoms with Crippen molar-refractivity contribution in [1.82, 2.24) is 4.98 Å². The molecule has 106 valence electrons. The normalized spacial score (nSPS) is 10.8. The lowest BCUT2D eigenvalue weighted by Gasteiger charge is -2.02. The molecule has 0 aliphatic carbocycles. The highest BCUT2D eigenvalue weighted by Gasteiger charge is 2.12. The Balaban J connectivity index is 2.07. The number of benzene rings is 1. The molecular formula is C13H11ClFNO2S2. The SMILES string of the molecule is Cc1nc(SCc2cccc(F)c2Cl)sc1CC(=O)O. The maximum Gasteiger partial charge on any atom is 0.308 e. The van der Waals surface area contributed by atoms with Crippen molar-refractivity contribution in [2.75, 3.05) is 0 Å². The Hall–Kier alpha value is -1.11. The fraction of sp³-hybridized carbons (Fsp3) is 0.231. The number of hydrogen-bond donors (Lipinski definition) is 1. The molecule has 0 radical (unpaired) electrons. The first kappa shape index (κ1) is 15.3. The largest absolute Gasteiger partial charge is 0.481 e. The van der Waals surface area contributed by atoms with Gasteiger partial charge in [-0.1, -0.05) is 35.5 Å². The third-order valence-electron chi connectivity index (χ3n) is 2.57. The highest BCUT2D eigenvalue weighted by atomic mass is 35.5. The number of hydrogen-bond acceptors (Lipinski definition) is 4. The summed E-state index contributed by atoms with van der Waals surface area (Å²) >= 11 is 8.65. The average molecular weight is 332 g/mol. The van der Waals surface area contributed by atoms with Crippen molar-refractivity contribution < 1.29 is 14.3 Å². The number of nitrogens with zero attached hydrogens (tertiary/aromatic N) is 1. The summed E-state index contributed by atoms with van der Waals surface area (Å²) < 4.78 is 14.1. The molecule has 0 amide bonds. The number of aromatic nitrogens is 1. The van der Waals surface area contributed by atoms with Gasteiger partial charge in [0.15, 0.2) is 4.34 Å². The van der Waals surface area contributed by atoms with Crippen LogP contribution in [0.4, 0.5) is 4.39 Å². The molecule has 3 nitrogen and oxygen atoms in total. The first-order valence-corrected chi connectivity index (χ1v) is 7.89. The highest BCUT2D eigenvalue weighted by molar-refractivity contribution is 8.00. The molecule has 1 N–H and O–H groups in total. The van der Waals surface area contributed by atoms with Crippen molar-refractivity contribution in [3.05, 3.63) is 45.2 Å². The van der Waals surface area contributed by atoms with E-state index in [0.717, 1.165) is 14.9 Å². The molecule has 0 aliphatic rings. The van der Waals surface area contributed by atoms with Gasteiger partial charge in [0.05, 0.1) is 17.1 Å². The molecule has 7 heteroatoms. The van der Waals surface area contributed by atoms with Gasteiger partial charge >= 0.3 is 5.97 Å². The second-order valence-corrected chi connectivity index (χ2v) is 6.74. The summed E-state index contributed by atoms with van der Waals surface area (Å²) in [6.07, 6.45) is -0.0230. The van der Waals surface area contributed by atoms with Crippen LogP contribution in [0.1, 0.15) is 16.1 Å². The molecule has 1 aromatic carbocycles. The standard InChI is InChI=1S/C13H11ClFNO2S2/c1-7-10(5-11(17)18)20-13(16-7)19-6-8-3-2-4-9(15)12(8)14/h2-4H,5-6H2,1H3,(H,17,18). The topological polar surface area (TPSA) is 50.2 Å². The third kappa shape index (κ3) is 3.71. The summed E-state index contributed by atoms with van der Waals surface area (Å²) in [5, 5.41) is 8.91. The number of rotatable bonds is 5.